The summed E-state index contributed by atoms with van der Waals surface area (Å²) in [5.74, 6) is 1.83. The molecule has 0 amide bonds. The van der Waals surface area contributed by atoms with E-state index in [9.17, 15) is 0 Å². The molecule has 0 atom stereocenters. The Balaban J connectivity index is 1.76. The van der Waals surface area contributed by atoms with Gasteiger partial charge in [-0.15, -0.1) is 0 Å². The van der Waals surface area contributed by atoms with Gasteiger partial charge in [0.05, 0.1) is 6.61 Å². The molecule has 2 rings (SSSR count). The van der Waals surface area contributed by atoms with Crippen LogP contribution in [0.3, 0.4) is 0 Å². The summed E-state index contributed by atoms with van der Waals surface area (Å²) in [6.45, 7) is 7.24. The normalized spacial score (nSPS) is 17.3. The predicted octanol–water partition coefficient (Wildman–Crippen LogP) is 3.04. The molecule has 112 valence electrons. The zero-order valence-corrected chi connectivity index (χ0v) is 12.7. The maximum atomic E-state index is 5.64. The molecule has 1 fully saturated rings. The number of ether oxygens (including phenoxy) is 1. The van der Waals surface area contributed by atoms with Gasteiger partial charge in [-0.3, -0.25) is 4.90 Å². The Morgan fingerprint density at radius 1 is 1.20 bits per heavy atom. The molecule has 1 aliphatic heterocycles. The highest BCUT2D eigenvalue weighted by atomic mass is 16.5. The van der Waals surface area contributed by atoms with Crippen LogP contribution in [0, 0.1) is 5.92 Å². The summed E-state index contributed by atoms with van der Waals surface area (Å²) in [4.78, 5) is 2.55. The summed E-state index contributed by atoms with van der Waals surface area (Å²) >= 11 is 0. The van der Waals surface area contributed by atoms with E-state index < -0.39 is 0 Å². The van der Waals surface area contributed by atoms with Crippen LogP contribution in [0.15, 0.2) is 24.3 Å². The highest BCUT2D eigenvalue weighted by molar-refractivity contribution is 5.27. The molecular formula is C17H28N2O. The van der Waals surface area contributed by atoms with Crippen LogP contribution in [0.1, 0.15) is 38.2 Å². The molecule has 0 aromatic heterocycles. The van der Waals surface area contributed by atoms with E-state index in [1.165, 1.54) is 37.9 Å². The van der Waals surface area contributed by atoms with Crippen LogP contribution >= 0.6 is 0 Å². The van der Waals surface area contributed by atoms with Gasteiger partial charge in [-0.2, -0.15) is 0 Å². The second-order valence-electron chi connectivity index (χ2n) is 5.79. The molecule has 2 N–H and O–H groups in total. The summed E-state index contributed by atoms with van der Waals surface area (Å²) in [6.07, 6.45) is 4.85. The van der Waals surface area contributed by atoms with Crippen molar-refractivity contribution in [2.75, 3.05) is 26.2 Å². The van der Waals surface area contributed by atoms with Gasteiger partial charge in [-0.05, 0) is 68.9 Å². The average Bonchev–Trinajstić information content (AvgIpc) is 2.49. The van der Waals surface area contributed by atoms with Crippen molar-refractivity contribution in [3.05, 3.63) is 29.8 Å². The number of rotatable bonds is 7. The third-order valence-corrected chi connectivity index (χ3v) is 4.08. The fourth-order valence-corrected chi connectivity index (χ4v) is 2.84. The summed E-state index contributed by atoms with van der Waals surface area (Å²) in [7, 11) is 0. The number of nitrogens with zero attached hydrogens (tertiary/aromatic N) is 1. The molecule has 3 nitrogen and oxygen atoms in total. The zero-order chi connectivity index (χ0) is 14.2. The van der Waals surface area contributed by atoms with Crippen LogP contribution < -0.4 is 10.5 Å². The average molecular weight is 276 g/mol. The quantitative estimate of drug-likeness (QED) is 0.832. The van der Waals surface area contributed by atoms with Gasteiger partial charge in [0.1, 0.15) is 5.75 Å². The second-order valence-corrected chi connectivity index (χ2v) is 5.79. The number of piperidine rings is 1. The number of likely N-dealkylation sites (tertiary alicyclic amines) is 1. The summed E-state index contributed by atoms with van der Waals surface area (Å²) in [5, 5.41) is 0. The number of benzene rings is 1. The molecular weight excluding hydrogens is 248 g/mol. The van der Waals surface area contributed by atoms with Gasteiger partial charge in [0.25, 0.3) is 0 Å². The Kier molecular flexibility index (Phi) is 6.34. The van der Waals surface area contributed by atoms with E-state index in [0.717, 1.165) is 37.8 Å². The molecule has 0 bridgehead atoms. The first-order valence-electron chi connectivity index (χ1n) is 7.96. The van der Waals surface area contributed by atoms with Crippen molar-refractivity contribution in [1.29, 1.82) is 0 Å². The first-order valence-corrected chi connectivity index (χ1v) is 7.96. The number of hydrogen-bond donors (Lipinski definition) is 1. The van der Waals surface area contributed by atoms with E-state index in [4.69, 9.17) is 10.5 Å². The van der Waals surface area contributed by atoms with Crippen LogP contribution in [0.2, 0.25) is 0 Å². The molecule has 1 heterocycles. The second kappa shape index (κ2) is 8.28. The molecule has 20 heavy (non-hydrogen) atoms. The van der Waals surface area contributed by atoms with Crippen molar-refractivity contribution >= 4 is 0 Å². The molecule has 0 radical (unpaired) electrons. The van der Waals surface area contributed by atoms with Crippen molar-refractivity contribution in [1.82, 2.24) is 4.90 Å². The van der Waals surface area contributed by atoms with Gasteiger partial charge in [-0.25, -0.2) is 0 Å². The maximum Gasteiger partial charge on any atom is 0.119 e. The fourth-order valence-electron chi connectivity index (χ4n) is 2.84. The van der Waals surface area contributed by atoms with Crippen molar-refractivity contribution < 1.29 is 4.74 Å². The lowest BCUT2D eigenvalue weighted by Gasteiger charge is -2.31. The fraction of sp³-hybridized carbons (Fsp3) is 0.647. The first-order chi connectivity index (χ1) is 9.81. The summed E-state index contributed by atoms with van der Waals surface area (Å²) in [5.41, 5.74) is 7.02. The lowest BCUT2D eigenvalue weighted by molar-refractivity contribution is 0.173. The number of nitrogens with two attached hydrogens (primary N) is 1. The van der Waals surface area contributed by atoms with Gasteiger partial charge >= 0.3 is 0 Å². The minimum absolute atomic E-state index is 0.800. The van der Waals surface area contributed by atoms with Crippen LogP contribution in [0.5, 0.6) is 5.75 Å². The zero-order valence-electron chi connectivity index (χ0n) is 12.7. The molecule has 0 saturated carbocycles. The lowest BCUT2D eigenvalue weighted by atomic mass is 9.93. The monoisotopic (exact) mass is 276 g/mol. The van der Waals surface area contributed by atoms with Crippen LogP contribution in [-0.2, 0) is 6.54 Å². The summed E-state index contributed by atoms with van der Waals surface area (Å²) in [6, 6.07) is 8.56. The van der Waals surface area contributed by atoms with Gasteiger partial charge in [0, 0.05) is 6.54 Å². The number of hydrogen-bond acceptors (Lipinski definition) is 3. The third kappa shape index (κ3) is 4.80. The molecule has 1 saturated heterocycles. The Bertz CT molecular complexity index is 369. The predicted molar refractivity (Wildman–Crippen MR) is 83.9 cm³/mol. The summed E-state index contributed by atoms with van der Waals surface area (Å²) < 4.78 is 5.62. The van der Waals surface area contributed by atoms with Gasteiger partial charge in [0.2, 0.25) is 0 Å². The van der Waals surface area contributed by atoms with Crippen molar-refractivity contribution in [3.63, 3.8) is 0 Å². The SMILES string of the molecule is CCCOc1ccc(CN2CCC(CCN)CC2)cc1. The van der Waals surface area contributed by atoms with Crippen molar-refractivity contribution in [3.8, 4) is 5.75 Å². The standard InChI is InChI=1S/C17H28N2O/c1-2-13-20-17-5-3-16(4-6-17)14-19-11-8-15(7-10-18)9-12-19/h3-6,15H,2,7-14,18H2,1H3. The van der Waals surface area contributed by atoms with Gasteiger partial charge < -0.3 is 10.5 Å². The minimum Gasteiger partial charge on any atom is -0.494 e. The Labute approximate surface area is 123 Å². The van der Waals surface area contributed by atoms with Crippen LogP contribution in [0.25, 0.3) is 0 Å². The highest BCUT2D eigenvalue weighted by Crippen LogP contribution is 2.22. The molecule has 1 aromatic carbocycles. The third-order valence-electron chi connectivity index (χ3n) is 4.08. The molecule has 1 aromatic rings. The highest BCUT2D eigenvalue weighted by Gasteiger charge is 2.18. The van der Waals surface area contributed by atoms with E-state index in [1.807, 2.05) is 0 Å². The smallest absolute Gasteiger partial charge is 0.119 e. The maximum absolute atomic E-state index is 5.64. The Morgan fingerprint density at radius 2 is 1.90 bits per heavy atom. The van der Waals surface area contributed by atoms with E-state index in [-0.39, 0.29) is 0 Å². The van der Waals surface area contributed by atoms with E-state index >= 15 is 0 Å². The van der Waals surface area contributed by atoms with E-state index in [2.05, 4.69) is 36.1 Å². The van der Waals surface area contributed by atoms with E-state index in [0.29, 0.717) is 0 Å². The first kappa shape index (κ1) is 15.3. The Hall–Kier alpha value is -1.06. The molecule has 3 heteroatoms. The van der Waals surface area contributed by atoms with Crippen LogP contribution in [0.4, 0.5) is 0 Å². The van der Waals surface area contributed by atoms with Crippen molar-refractivity contribution in [2.45, 2.75) is 39.2 Å². The minimum atomic E-state index is 0.800. The largest absolute Gasteiger partial charge is 0.494 e. The molecule has 0 spiro atoms. The molecule has 0 unspecified atom stereocenters. The topological polar surface area (TPSA) is 38.5 Å². The van der Waals surface area contributed by atoms with Crippen molar-refractivity contribution in [2.24, 2.45) is 11.7 Å². The van der Waals surface area contributed by atoms with E-state index in [1.54, 1.807) is 0 Å². The Morgan fingerprint density at radius 3 is 2.50 bits per heavy atom. The van der Waals surface area contributed by atoms with Crippen LogP contribution in [-0.4, -0.2) is 31.1 Å². The molecule has 0 aliphatic carbocycles. The van der Waals surface area contributed by atoms with Gasteiger partial charge in [0.15, 0.2) is 0 Å². The van der Waals surface area contributed by atoms with Gasteiger partial charge in [-0.1, -0.05) is 19.1 Å². The molecule has 1 aliphatic rings. The lowest BCUT2D eigenvalue weighted by Crippen LogP contribution is -2.33.